The molecule has 0 radical (unpaired) electrons. The van der Waals surface area contributed by atoms with Crippen LogP contribution in [0.3, 0.4) is 0 Å². The molecule has 0 aliphatic carbocycles. The number of hydrogen-bond acceptors (Lipinski definition) is 4. The molecule has 1 aromatic carbocycles. The van der Waals surface area contributed by atoms with Gasteiger partial charge < -0.3 is 19.7 Å². The molecular formula is C14H19IN2O3. The van der Waals surface area contributed by atoms with Gasteiger partial charge in [0.2, 0.25) is 0 Å². The van der Waals surface area contributed by atoms with Gasteiger partial charge in [0.05, 0.1) is 19.8 Å². The van der Waals surface area contributed by atoms with Crippen LogP contribution in [0.15, 0.2) is 12.1 Å². The first-order chi connectivity index (χ1) is 9.58. The number of piperazine rings is 1. The summed E-state index contributed by atoms with van der Waals surface area (Å²) < 4.78 is 11.4. The molecular weight excluding hydrogens is 371 g/mol. The standard InChI is InChI=1S/C14H19IN2O3/c1-9-8-16-4-5-17(9)14(18)10-6-12(19-2)13(20-3)7-11(10)15/h6-7,9,16H,4-5,8H2,1-3H3/t9-/m0/s1. The van der Waals surface area contributed by atoms with Crippen LogP contribution in [-0.4, -0.2) is 50.7 Å². The fraction of sp³-hybridized carbons (Fsp3) is 0.500. The van der Waals surface area contributed by atoms with Crippen molar-refractivity contribution in [3.05, 3.63) is 21.3 Å². The molecule has 0 saturated carbocycles. The Labute approximate surface area is 132 Å². The van der Waals surface area contributed by atoms with Gasteiger partial charge in [-0.15, -0.1) is 0 Å². The van der Waals surface area contributed by atoms with Gasteiger partial charge in [0.15, 0.2) is 11.5 Å². The van der Waals surface area contributed by atoms with Crippen molar-refractivity contribution in [3.63, 3.8) is 0 Å². The van der Waals surface area contributed by atoms with Gasteiger partial charge in [-0.2, -0.15) is 0 Å². The Morgan fingerprint density at radius 1 is 1.35 bits per heavy atom. The average molecular weight is 390 g/mol. The molecule has 0 unspecified atom stereocenters. The van der Waals surface area contributed by atoms with Crippen LogP contribution in [0.1, 0.15) is 17.3 Å². The molecule has 1 aliphatic heterocycles. The van der Waals surface area contributed by atoms with Crippen LogP contribution >= 0.6 is 22.6 Å². The zero-order valence-corrected chi connectivity index (χ0v) is 14.1. The smallest absolute Gasteiger partial charge is 0.255 e. The van der Waals surface area contributed by atoms with Gasteiger partial charge in [-0.3, -0.25) is 4.79 Å². The van der Waals surface area contributed by atoms with Crippen LogP contribution in [-0.2, 0) is 0 Å². The zero-order valence-electron chi connectivity index (χ0n) is 11.9. The number of ether oxygens (including phenoxy) is 2. The fourth-order valence-corrected chi connectivity index (χ4v) is 2.98. The first kappa shape index (κ1) is 15.4. The minimum absolute atomic E-state index is 0.0457. The molecule has 1 amide bonds. The van der Waals surface area contributed by atoms with E-state index in [4.69, 9.17) is 9.47 Å². The number of nitrogens with one attached hydrogen (secondary N) is 1. The second-order valence-electron chi connectivity index (χ2n) is 4.74. The van der Waals surface area contributed by atoms with E-state index in [1.165, 1.54) is 0 Å². The van der Waals surface area contributed by atoms with Gasteiger partial charge in [-0.1, -0.05) is 0 Å². The largest absolute Gasteiger partial charge is 0.493 e. The number of benzene rings is 1. The number of amides is 1. The molecule has 110 valence electrons. The predicted molar refractivity (Wildman–Crippen MR) is 85.6 cm³/mol. The van der Waals surface area contributed by atoms with E-state index in [2.05, 4.69) is 34.8 Å². The van der Waals surface area contributed by atoms with Gasteiger partial charge >= 0.3 is 0 Å². The number of carbonyl (C=O) groups excluding carboxylic acids is 1. The number of rotatable bonds is 3. The number of methoxy groups -OCH3 is 2. The third-order valence-corrected chi connectivity index (χ3v) is 4.36. The lowest BCUT2D eigenvalue weighted by Crippen LogP contribution is -2.52. The average Bonchev–Trinajstić information content (AvgIpc) is 2.46. The monoisotopic (exact) mass is 390 g/mol. The summed E-state index contributed by atoms with van der Waals surface area (Å²) in [6, 6.07) is 3.79. The summed E-state index contributed by atoms with van der Waals surface area (Å²) in [7, 11) is 3.17. The molecule has 1 N–H and O–H groups in total. The topological polar surface area (TPSA) is 50.8 Å². The van der Waals surface area contributed by atoms with Crippen molar-refractivity contribution in [2.75, 3.05) is 33.9 Å². The maximum atomic E-state index is 12.7. The van der Waals surface area contributed by atoms with E-state index in [0.717, 1.165) is 23.2 Å². The van der Waals surface area contributed by atoms with Gasteiger partial charge in [0.1, 0.15) is 0 Å². The Morgan fingerprint density at radius 2 is 2.00 bits per heavy atom. The van der Waals surface area contributed by atoms with Crippen molar-refractivity contribution in [2.45, 2.75) is 13.0 Å². The third-order valence-electron chi connectivity index (χ3n) is 3.47. The Balaban J connectivity index is 2.34. The quantitative estimate of drug-likeness (QED) is 0.800. The Morgan fingerprint density at radius 3 is 2.60 bits per heavy atom. The highest BCUT2D eigenvalue weighted by atomic mass is 127. The summed E-state index contributed by atoms with van der Waals surface area (Å²) >= 11 is 2.16. The van der Waals surface area contributed by atoms with E-state index in [1.54, 1.807) is 20.3 Å². The Hall–Kier alpha value is -1.02. The van der Waals surface area contributed by atoms with Crippen molar-refractivity contribution in [1.29, 1.82) is 0 Å². The first-order valence-electron chi connectivity index (χ1n) is 6.51. The lowest BCUT2D eigenvalue weighted by atomic mass is 10.1. The lowest BCUT2D eigenvalue weighted by Gasteiger charge is -2.34. The predicted octanol–water partition coefficient (Wildman–Crippen LogP) is 1.74. The summed E-state index contributed by atoms with van der Waals surface area (Å²) in [4.78, 5) is 14.6. The van der Waals surface area contributed by atoms with Crippen molar-refractivity contribution in [1.82, 2.24) is 10.2 Å². The van der Waals surface area contributed by atoms with Crippen LogP contribution in [0.5, 0.6) is 11.5 Å². The highest BCUT2D eigenvalue weighted by Gasteiger charge is 2.26. The minimum Gasteiger partial charge on any atom is -0.493 e. The van der Waals surface area contributed by atoms with Crippen LogP contribution in [0.4, 0.5) is 0 Å². The molecule has 1 fully saturated rings. The van der Waals surface area contributed by atoms with Crippen LogP contribution in [0.25, 0.3) is 0 Å². The van der Waals surface area contributed by atoms with Crippen molar-refractivity contribution < 1.29 is 14.3 Å². The molecule has 0 aromatic heterocycles. The molecule has 1 atom stereocenters. The molecule has 5 nitrogen and oxygen atoms in total. The second-order valence-corrected chi connectivity index (χ2v) is 5.90. The van der Waals surface area contributed by atoms with E-state index in [0.29, 0.717) is 17.1 Å². The van der Waals surface area contributed by atoms with Gasteiger partial charge in [0.25, 0.3) is 5.91 Å². The van der Waals surface area contributed by atoms with E-state index in [-0.39, 0.29) is 11.9 Å². The summed E-state index contributed by atoms with van der Waals surface area (Å²) in [5.41, 5.74) is 0.664. The molecule has 1 heterocycles. The maximum Gasteiger partial charge on any atom is 0.255 e. The van der Waals surface area contributed by atoms with Crippen molar-refractivity contribution in [2.24, 2.45) is 0 Å². The van der Waals surface area contributed by atoms with Crippen LogP contribution < -0.4 is 14.8 Å². The Kier molecular flexibility index (Phi) is 5.09. The molecule has 20 heavy (non-hydrogen) atoms. The summed E-state index contributed by atoms with van der Waals surface area (Å²) in [6.07, 6.45) is 0. The molecule has 1 saturated heterocycles. The van der Waals surface area contributed by atoms with E-state index in [1.807, 2.05) is 11.0 Å². The van der Waals surface area contributed by atoms with E-state index in [9.17, 15) is 4.79 Å². The van der Waals surface area contributed by atoms with Crippen molar-refractivity contribution >= 4 is 28.5 Å². The second kappa shape index (κ2) is 6.62. The molecule has 0 spiro atoms. The van der Waals surface area contributed by atoms with Crippen molar-refractivity contribution in [3.8, 4) is 11.5 Å². The highest BCUT2D eigenvalue weighted by molar-refractivity contribution is 14.1. The fourth-order valence-electron chi connectivity index (χ4n) is 2.32. The SMILES string of the molecule is COc1cc(I)c(C(=O)N2CCNC[C@@H]2C)cc1OC. The zero-order chi connectivity index (χ0) is 14.7. The Bertz CT molecular complexity index is 507. The van der Waals surface area contributed by atoms with Gasteiger partial charge in [-0.05, 0) is 41.6 Å². The summed E-state index contributed by atoms with van der Waals surface area (Å²) in [5, 5.41) is 3.29. The number of carbonyl (C=O) groups is 1. The van der Waals surface area contributed by atoms with E-state index < -0.39 is 0 Å². The van der Waals surface area contributed by atoms with Crippen LogP contribution in [0.2, 0.25) is 0 Å². The molecule has 0 bridgehead atoms. The maximum absolute atomic E-state index is 12.7. The minimum atomic E-state index is 0.0457. The molecule has 1 aliphatic rings. The normalized spacial score (nSPS) is 18.8. The summed E-state index contributed by atoms with van der Waals surface area (Å²) in [5.74, 6) is 1.27. The molecule has 1 aromatic rings. The summed E-state index contributed by atoms with van der Waals surface area (Å²) in [6.45, 7) is 4.44. The molecule has 6 heteroatoms. The first-order valence-corrected chi connectivity index (χ1v) is 7.59. The lowest BCUT2D eigenvalue weighted by molar-refractivity contribution is 0.0654. The third kappa shape index (κ3) is 3.01. The molecule has 2 rings (SSSR count). The number of hydrogen-bond donors (Lipinski definition) is 1. The van der Waals surface area contributed by atoms with Gasteiger partial charge in [-0.25, -0.2) is 0 Å². The number of nitrogens with zero attached hydrogens (tertiary/aromatic N) is 1. The number of halogens is 1. The van der Waals surface area contributed by atoms with Gasteiger partial charge in [0, 0.05) is 29.2 Å². The van der Waals surface area contributed by atoms with Crippen LogP contribution in [0, 0.1) is 3.57 Å². The van der Waals surface area contributed by atoms with E-state index >= 15 is 0 Å². The highest BCUT2D eigenvalue weighted by Crippen LogP contribution is 2.32.